The van der Waals surface area contributed by atoms with Crippen molar-refractivity contribution in [3.8, 4) is 0 Å². The van der Waals surface area contributed by atoms with Crippen molar-refractivity contribution >= 4 is 0 Å². The molecule has 2 rings (SSSR count). The maximum atomic E-state index is 2.48. The summed E-state index contributed by atoms with van der Waals surface area (Å²) in [4.78, 5) is 0. The molecule has 0 radical (unpaired) electrons. The number of quaternary nitrogens is 1. The lowest BCUT2D eigenvalue weighted by Gasteiger charge is -2.44. The molecule has 2 fully saturated rings. The molecule has 0 N–H and O–H groups in total. The summed E-state index contributed by atoms with van der Waals surface area (Å²) in [7, 11) is 2.48. The van der Waals surface area contributed by atoms with Crippen LogP contribution in [0.4, 0.5) is 0 Å². The zero-order chi connectivity index (χ0) is 13.1. The summed E-state index contributed by atoms with van der Waals surface area (Å²) in [5.74, 6) is 2.97. The van der Waals surface area contributed by atoms with E-state index in [1.54, 1.807) is 0 Å². The minimum absolute atomic E-state index is 0.418. The SMILES string of the molecule is CC(C)(C)C1CC2C[N+](C)(C(C)(C)C)CC2C1. The van der Waals surface area contributed by atoms with E-state index in [0.717, 1.165) is 17.8 Å². The summed E-state index contributed by atoms with van der Waals surface area (Å²) in [5, 5.41) is 0. The van der Waals surface area contributed by atoms with Gasteiger partial charge in [-0.2, -0.15) is 0 Å². The van der Waals surface area contributed by atoms with E-state index in [0.29, 0.717) is 11.0 Å². The molecule has 0 bridgehead atoms. The molecule has 1 saturated carbocycles. The van der Waals surface area contributed by atoms with Gasteiger partial charge in [0.25, 0.3) is 0 Å². The number of hydrogen-bond acceptors (Lipinski definition) is 0. The van der Waals surface area contributed by atoms with Gasteiger partial charge in [0.05, 0.1) is 25.7 Å². The Kier molecular flexibility index (Phi) is 2.94. The fourth-order valence-corrected chi connectivity index (χ4v) is 4.02. The summed E-state index contributed by atoms with van der Waals surface area (Å²) in [6.45, 7) is 17.4. The van der Waals surface area contributed by atoms with E-state index in [-0.39, 0.29) is 0 Å². The van der Waals surface area contributed by atoms with E-state index >= 15 is 0 Å². The Hall–Kier alpha value is -0.0400. The zero-order valence-electron chi connectivity index (χ0n) is 13.0. The molecule has 100 valence electrons. The lowest BCUT2D eigenvalue weighted by molar-refractivity contribution is -0.945. The fourth-order valence-electron chi connectivity index (χ4n) is 4.02. The Morgan fingerprint density at radius 1 is 0.824 bits per heavy atom. The highest BCUT2D eigenvalue weighted by Gasteiger charge is 2.53. The van der Waals surface area contributed by atoms with Crippen molar-refractivity contribution in [1.29, 1.82) is 0 Å². The Bertz CT molecular complexity index is 278. The second-order valence-electron chi connectivity index (χ2n) is 8.99. The van der Waals surface area contributed by atoms with Crippen LogP contribution in [0.5, 0.6) is 0 Å². The van der Waals surface area contributed by atoms with Crippen LogP contribution >= 0.6 is 0 Å². The summed E-state index contributed by atoms with van der Waals surface area (Å²) in [5.41, 5.74) is 0.942. The monoisotopic (exact) mass is 238 g/mol. The van der Waals surface area contributed by atoms with E-state index < -0.39 is 0 Å². The predicted octanol–water partition coefficient (Wildman–Crippen LogP) is 3.93. The number of nitrogens with zero attached hydrogens (tertiary/aromatic N) is 1. The van der Waals surface area contributed by atoms with Crippen molar-refractivity contribution in [1.82, 2.24) is 0 Å². The zero-order valence-corrected chi connectivity index (χ0v) is 13.0. The molecule has 1 aliphatic carbocycles. The molecule has 1 nitrogen and oxygen atoms in total. The Morgan fingerprint density at radius 2 is 1.24 bits per heavy atom. The summed E-state index contributed by atoms with van der Waals surface area (Å²) >= 11 is 0. The van der Waals surface area contributed by atoms with Gasteiger partial charge < -0.3 is 4.48 Å². The average Bonchev–Trinajstić information content (AvgIpc) is 2.55. The molecule has 0 aromatic carbocycles. The van der Waals surface area contributed by atoms with Crippen molar-refractivity contribution in [2.45, 2.75) is 59.9 Å². The van der Waals surface area contributed by atoms with Crippen LogP contribution in [0.15, 0.2) is 0 Å². The van der Waals surface area contributed by atoms with Gasteiger partial charge in [0.15, 0.2) is 0 Å². The van der Waals surface area contributed by atoms with Crippen molar-refractivity contribution in [3.05, 3.63) is 0 Å². The van der Waals surface area contributed by atoms with Crippen LogP contribution in [-0.2, 0) is 0 Å². The highest BCUT2D eigenvalue weighted by Crippen LogP contribution is 2.51. The van der Waals surface area contributed by atoms with Crippen LogP contribution in [0.25, 0.3) is 0 Å². The van der Waals surface area contributed by atoms with Gasteiger partial charge in [0.1, 0.15) is 0 Å². The highest BCUT2D eigenvalue weighted by atomic mass is 15.4. The maximum Gasteiger partial charge on any atom is 0.0905 e. The van der Waals surface area contributed by atoms with Crippen LogP contribution < -0.4 is 0 Å². The average molecular weight is 238 g/mol. The van der Waals surface area contributed by atoms with Crippen LogP contribution in [0.1, 0.15) is 54.4 Å². The molecule has 0 aromatic heterocycles. The van der Waals surface area contributed by atoms with Crippen LogP contribution in [-0.4, -0.2) is 30.2 Å². The van der Waals surface area contributed by atoms with Crippen molar-refractivity contribution < 1.29 is 4.48 Å². The highest BCUT2D eigenvalue weighted by molar-refractivity contribution is 4.92. The largest absolute Gasteiger partial charge is 0.321 e. The fraction of sp³-hybridized carbons (Fsp3) is 1.00. The summed E-state index contributed by atoms with van der Waals surface area (Å²) in [6.07, 6.45) is 2.97. The van der Waals surface area contributed by atoms with Gasteiger partial charge in [-0.05, 0) is 44.9 Å². The van der Waals surface area contributed by atoms with Gasteiger partial charge in [-0.1, -0.05) is 20.8 Å². The quantitative estimate of drug-likeness (QED) is 0.561. The smallest absolute Gasteiger partial charge is 0.0905 e. The second kappa shape index (κ2) is 3.73. The molecule has 2 unspecified atom stereocenters. The minimum atomic E-state index is 0.418. The molecule has 1 heteroatoms. The number of likely N-dealkylation sites (tertiary alicyclic amines) is 1. The van der Waals surface area contributed by atoms with Crippen LogP contribution in [0.2, 0.25) is 0 Å². The van der Waals surface area contributed by atoms with E-state index in [4.69, 9.17) is 0 Å². The first-order valence-corrected chi connectivity index (χ1v) is 7.37. The van der Waals surface area contributed by atoms with Gasteiger partial charge >= 0.3 is 0 Å². The number of rotatable bonds is 0. The molecule has 17 heavy (non-hydrogen) atoms. The molecule has 1 heterocycles. The molecule has 2 aliphatic rings. The molecule has 0 spiro atoms. The third kappa shape index (κ3) is 2.28. The summed E-state index contributed by atoms with van der Waals surface area (Å²) in [6, 6.07) is 0. The van der Waals surface area contributed by atoms with Crippen molar-refractivity contribution in [2.24, 2.45) is 23.2 Å². The van der Waals surface area contributed by atoms with E-state index in [1.165, 1.54) is 30.4 Å². The standard InChI is InChI=1S/C16H32N/c1-15(2,3)14-8-12-10-17(7,16(4,5)6)11-13(12)9-14/h12-14H,8-11H2,1-7H3/q+1. The van der Waals surface area contributed by atoms with E-state index in [2.05, 4.69) is 48.6 Å². The van der Waals surface area contributed by atoms with Crippen molar-refractivity contribution in [3.63, 3.8) is 0 Å². The van der Waals surface area contributed by atoms with Gasteiger partial charge in [-0.15, -0.1) is 0 Å². The Balaban J connectivity index is 2.06. The van der Waals surface area contributed by atoms with Gasteiger partial charge in [-0.25, -0.2) is 0 Å². The predicted molar refractivity (Wildman–Crippen MR) is 74.8 cm³/mol. The summed E-state index contributed by atoms with van der Waals surface area (Å²) < 4.78 is 1.29. The number of hydrogen-bond donors (Lipinski definition) is 0. The maximum absolute atomic E-state index is 2.48. The van der Waals surface area contributed by atoms with Gasteiger partial charge in [0.2, 0.25) is 0 Å². The van der Waals surface area contributed by atoms with Crippen LogP contribution in [0.3, 0.4) is 0 Å². The molecule has 0 amide bonds. The first-order valence-electron chi connectivity index (χ1n) is 7.37. The van der Waals surface area contributed by atoms with E-state index in [9.17, 15) is 0 Å². The van der Waals surface area contributed by atoms with Gasteiger partial charge in [-0.3, -0.25) is 0 Å². The van der Waals surface area contributed by atoms with E-state index in [1.807, 2.05) is 0 Å². The van der Waals surface area contributed by atoms with Crippen LogP contribution in [0, 0.1) is 23.2 Å². The number of fused-ring (bicyclic) bond motifs is 1. The van der Waals surface area contributed by atoms with Crippen molar-refractivity contribution in [2.75, 3.05) is 20.1 Å². The lowest BCUT2D eigenvalue weighted by atomic mass is 9.79. The molecule has 1 aliphatic heterocycles. The first-order chi connectivity index (χ1) is 7.53. The normalized spacial score (nSPS) is 42.9. The molecular formula is C16H32N+. The first kappa shape index (κ1) is 13.4. The topological polar surface area (TPSA) is 0 Å². The Labute approximate surface area is 108 Å². The third-order valence-electron chi connectivity index (χ3n) is 5.96. The molecule has 0 aromatic rings. The second-order valence-corrected chi connectivity index (χ2v) is 8.99. The third-order valence-corrected chi connectivity index (χ3v) is 5.96. The molecule has 2 atom stereocenters. The van der Waals surface area contributed by atoms with Gasteiger partial charge in [0, 0.05) is 11.8 Å². The molecule has 1 saturated heterocycles. The Morgan fingerprint density at radius 3 is 1.53 bits per heavy atom. The minimum Gasteiger partial charge on any atom is -0.321 e. The molecular weight excluding hydrogens is 206 g/mol. The lowest BCUT2D eigenvalue weighted by Crippen LogP contribution is -2.56.